The Bertz CT molecular complexity index is 1050. The van der Waals surface area contributed by atoms with Gasteiger partial charge in [-0.15, -0.1) is 0 Å². The van der Waals surface area contributed by atoms with E-state index in [1.807, 2.05) is 6.92 Å². The van der Waals surface area contributed by atoms with Crippen LogP contribution in [0.4, 0.5) is 8.78 Å². The molecule has 0 saturated heterocycles. The summed E-state index contributed by atoms with van der Waals surface area (Å²) < 4.78 is 33.5. The number of carbonyl (C=O) groups is 1. The van der Waals surface area contributed by atoms with Crippen molar-refractivity contribution in [2.45, 2.75) is 19.4 Å². The first-order chi connectivity index (χ1) is 13.9. The monoisotopic (exact) mass is 403 g/mol. The summed E-state index contributed by atoms with van der Waals surface area (Å²) in [5.41, 5.74) is -0.283. The van der Waals surface area contributed by atoms with Crippen LogP contribution in [-0.2, 0) is 0 Å². The molecule has 9 heteroatoms. The summed E-state index contributed by atoms with van der Waals surface area (Å²) in [5.74, 6) is -0.776. The van der Waals surface area contributed by atoms with E-state index >= 15 is 0 Å². The number of carbonyl (C=O) groups excluding carboxylic acids is 1. The third-order valence-corrected chi connectivity index (χ3v) is 5.15. The molecule has 0 aliphatic carbocycles. The number of hydrogen-bond acceptors (Lipinski definition) is 5. The van der Waals surface area contributed by atoms with Gasteiger partial charge in [-0.2, -0.15) is 0 Å². The standard InChI is InChI=1S/C20H19F2N3O4/c1-12-14-5-4-13(19(21)22)10-16(14)29-9-3-2-7-23-11-25(12)24-8-6-15(26)18(27)17(24)20(23)28/h2-6,8,10,12,19,27H,7,9,11H2,1H3/b3-2-/t12-/m0/s1. The Morgan fingerprint density at radius 3 is 2.76 bits per heavy atom. The van der Waals surface area contributed by atoms with Gasteiger partial charge < -0.3 is 14.7 Å². The minimum Gasteiger partial charge on any atom is -0.502 e. The maximum Gasteiger partial charge on any atom is 0.278 e. The molecule has 3 heterocycles. The highest BCUT2D eigenvalue weighted by molar-refractivity contribution is 5.96. The van der Waals surface area contributed by atoms with Gasteiger partial charge >= 0.3 is 0 Å². The molecule has 1 amide bonds. The fourth-order valence-electron chi connectivity index (χ4n) is 3.56. The Hall–Kier alpha value is -3.36. The van der Waals surface area contributed by atoms with E-state index in [0.717, 1.165) is 0 Å². The van der Waals surface area contributed by atoms with E-state index in [0.29, 0.717) is 11.3 Å². The Morgan fingerprint density at radius 2 is 2.00 bits per heavy atom. The van der Waals surface area contributed by atoms with E-state index in [1.54, 1.807) is 23.2 Å². The molecule has 2 aliphatic heterocycles. The zero-order valence-electron chi connectivity index (χ0n) is 15.6. The first-order valence-corrected chi connectivity index (χ1v) is 9.09. The number of ether oxygens (including phenoxy) is 1. The third kappa shape index (κ3) is 3.22. The van der Waals surface area contributed by atoms with Crippen molar-refractivity contribution in [3.8, 4) is 11.5 Å². The van der Waals surface area contributed by atoms with Crippen molar-refractivity contribution in [2.75, 3.05) is 24.8 Å². The number of fused-ring (bicyclic) bond motifs is 5. The first kappa shape index (κ1) is 19.0. The van der Waals surface area contributed by atoms with Crippen LogP contribution < -0.4 is 15.2 Å². The average molecular weight is 403 g/mol. The van der Waals surface area contributed by atoms with Crippen LogP contribution in [0.15, 0.2) is 47.4 Å². The van der Waals surface area contributed by atoms with Crippen molar-refractivity contribution in [3.63, 3.8) is 0 Å². The van der Waals surface area contributed by atoms with E-state index in [2.05, 4.69) is 0 Å². The number of amides is 1. The molecule has 7 nitrogen and oxygen atoms in total. The first-order valence-electron chi connectivity index (χ1n) is 9.09. The highest BCUT2D eigenvalue weighted by atomic mass is 19.3. The highest BCUT2D eigenvalue weighted by Crippen LogP contribution is 2.34. The predicted molar refractivity (Wildman–Crippen MR) is 101 cm³/mol. The molecule has 2 bridgehead atoms. The zero-order valence-corrected chi connectivity index (χ0v) is 15.6. The van der Waals surface area contributed by atoms with Gasteiger partial charge in [0.05, 0.1) is 6.04 Å². The van der Waals surface area contributed by atoms with Crippen molar-refractivity contribution in [1.82, 2.24) is 9.58 Å². The lowest BCUT2D eigenvalue weighted by Gasteiger charge is -2.42. The number of aromatic hydroxyl groups is 1. The minimum atomic E-state index is -2.63. The molecule has 1 aromatic heterocycles. The van der Waals surface area contributed by atoms with Gasteiger partial charge in [0.15, 0.2) is 11.4 Å². The van der Waals surface area contributed by atoms with Gasteiger partial charge in [0, 0.05) is 29.9 Å². The van der Waals surface area contributed by atoms with Gasteiger partial charge in [-0.25, -0.2) is 8.78 Å². The van der Waals surface area contributed by atoms with Crippen molar-refractivity contribution >= 4 is 5.91 Å². The summed E-state index contributed by atoms with van der Waals surface area (Å²) in [7, 11) is 0. The van der Waals surface area contributed by atoms with Gasteiger partial charge in [0.25, 0.3) is 12.3 Å². The number of nitrogens with zero attached hydrogens (tertiary/aromatic N) is 3. The van der Waals surface area contributed by atoms with Crippen LogP contribution in [0.5, 0.6) is 11.5 Å². The van der Waals surface area contributed by atoms with Gasteiger partial charge in [0.1, 0.15) is 19.0 Å². The molecule has 2 aliphatic rings. The molecule has 0 spiro atoms. The zero-order chi connectivity index (χ0) is 20.7. The maximum atomic E-state index is 13.2. The van der Waals surface area contributed by atoms with Gasteiger partial charge in [-0.3, -0.25) is 19.3 Å². The van der Waals surface area contributed by atoms with Crippen molar-refractivity contribution < 1.29 is 23.4 Å². The summed E-state index contributed by atoms with van der Waals surface area (Å²) in [5, 5.41) is 12.0. The maximum absolute atomic E-state index is 13.2. The quantitative estimate of drug-likeness (QED) is 0.741. The fourth-order valence-corrected chi connectivity index (χ4v) is 3.56. The van der Waals surface area contributed by atoms with Crippen LogP contribution in [0.3, 0.4) is 0 Å². The van der Waals surface area contributed by atoms with E-state index in [-0.39, 0.29) is 31.1 Å². The van der Waals surface area contributed by atoms with Crippen molar-refractivity contribution in [3.05, 3.63) is 69.7 Å². The highest BCUT2D eigenvalue weighted by Gasteiger charge is 2.35. The Kier molecular flexibility index (Phi) is 4.73. The van der Waals surface area contributed by atoms with Crippen LogP contribution >= 0.6 is 0 Å². The molecule has 29 heavy (non-hydrogen) atoms. The summed E-state index contributed by atoms with van der Waals surface area (Å²) in [6, 6.07) is 5.00. The van der Waals surface area contributed by atoms with Gasteiger partial charge in [-0.1, -0.05) is 18.2 Å². The lowest BCUT2D eigenvalue weighted by molar-refractivity contribution is 0.0699. The summed E-state index contributed by atoms with van der Waals surface area (Å²) in [6.07, 6.45) is 2.21. The molecular formula is C20H19F2N3O4. The molecule has 1 N–H and O–H groups in total. The normalized spacial score (nSPS) is 19.9. The lowest BCUT2D eigenvalue weighted by atomic mass is 10.0. The number of aromatic nitrogens is 1. The summed E-state index contributed by atoms with van der Waals surface area (Å²) in [4.78, 5) is 26.3. The van der Waals surface area contributed by atoms with E-state index < -0.39 is 29.6 Å². The average Bonchev–Trinajstić information content (AvgIpc) is 2.73. The van der Waals surface area contributed by atoms with Crippen LogP contribution in [-0.4, -0.2) is 40.4 Å². The number of alkyl halides is 2. The van der Waals surface area contributed by atoms with Gasteiger partial charge in [0.2, 0.25) is 5.43 Å². The second kappa shape index (κ2) is 7.23. The van der Waals surface area contributed by atoms with Crippen LogP contribution in [0, 0.1) is 0 Å². The van der Waals surface area contributed by atoms with Crippen LogP contribution in [0.2, 0.25) is 0 Å². The SMILES string of the molecule is C[C@H]1c2ccc(C(F)F)cc2OC/C=C\CN2CN1n1ccc(=O)c(O)c1C2=O. The second-order valence-corrected chi connectivity index (χ2v) is 6.89. The summed E-state index contributed by atoms with van der Waals surface area (Å²) >= 11 is 0. The molecule has 1 atom stereocenters. The topological polar surface area (TPSA) is 75.0 Å². The number of pyridine rings is 1. The Labute approximate surface area is 165 Å². The molecule has 152 valence electrons. The van der Waals surface area contributed by atoms with Crippen molar-refractivity contribution in [2.24, 2.45) is 0 Å². The van der Waals surface area contributed by atoms with Gasteiger partial charge in [-0.05, 0) is 19.1 Å². The second-order valence-electron chi connectivity index (χ2n) is 6.89. The smallest absolute Gasteiger partial charge is 0.278 e. The molecular weight excluding hydrogens is 384 g/mol. The van der Waals surface area contributed by atoms with E-state index in [4.69, 9.17) is 4.74 Å². The molecule has 1 aromatic carbocycles. The Balaban J connectivity index is 1.89. The molecule has 0 radical (unpaired) electrons. The number of halogens is 2. The molecule has 0 fully saturated rings. The fraction of sp³-hybridized carbons (Fsp3) is 0.300. The number of hydrogen-bond donors (Lipinski definition) is 1. The van der Waals surface area contributed by atoms with Crippen LogP contribution in [0.25, 0.3) is 0 Å². The number of benzene rings is 1. The largest absolute Gasteiger partial charge is 0.502 e. The minimum absolute atomic E-state index is 0.130. The third-order valence-electron chi connectivity index (χ3n) is 5.15. The Morgan fingerprint density at radius 1 is 1.21 bits per heavy atom. The molecule has 2 aromatic rings. The van der Waals surface area contributed by atoms with Crippen molar-refractivity contribution in [1.29, 1.82) is 0 Å². The molecule has 4 rings (SSSR count). The van der Waals surface area contributed by atoms with Crippen LogP contribution in [0.1, 0.15) is 41.0 Å². The molecule has 0 unspecified atom stereocenters. The molecule has 0 saturated carbocycles. The predicted octanol–water partition coefficient (Wildman–Crippen LogP) is 2.55. The summed E-state index contributed by atoms with van der Waals surface area (Å²) in [6.45, 7) is 2.41. The van der Waals surface area contributed by atoms with E-state index in [9.17, 15) is 23.5 Å². The lowest BCUT2D eigenvalue weighted by Crippen LogP contribution is -2.54. The number of rotatable bonds is 1. The van der Waals surface area contributed by atoms with E-state index in [1.165, 1.54) is 34.0 Å².